The number of rotatable bonds is 22. The van der Waals surface area contributed by atoms with Crippen LogP contribution >= 0.6 is 0 Å². The SMILES string of the molecule is CN(C(=O)c1c(C=O)cccc1OCCOCCOCCOCCC/C=C/C=O)C(C=O)CCC=O. The fraction of sp³-hybridized carbons (Fsp3) is 0.500. The molecule has 0 radical (unpaired) electrons. The topological polar surface area (TPSA) is 126 Å². The largest absolute Gasteiger partial charge is 0.490 e. The molecule has 1 atom stereocenters. The van der Waals surface area contributed by atoms with Crippen LogP contribution in [0.25, 0.3) is 0 Å². The molecule has 0 saturated carbocycles. The van der Waals surface area contributed by atoms with Gasteiger partial charge in [0, 0.05) is 25.6 Å². The van der Waals surface area contributed by atoms with Crippen LogP contribution in [0, 0.1) is 0 Å². The van der Waals surface area contributed by atoms with Gasteiger partial charge in [0.15, 0.2) is 6.29 Å². The van der Waals surface area contributed by atoms with Crippen molar-refractivity contribution >= 4 is 31.1 Å². The van der Waals surface area contributed by atoms with Gasteiger partial charge in [-0.1, -0.05) is 18.2 Å². The molecule has 0 spiro atoms. The maximum Gasteiger partial charge on any atom is 0.258 e. The molecule has 0 aliphatic carbocycles. The minimum atomic E-state index is -0.797. The third-order valence-electron chi connectivity index (χ3n) is 5.06. The van der Waals surface area contributed by atoms with E-state index in [0.29, 0.717) is 51.9 Å². The number of carbonyl (C=O) groups excluding carboxylic acids is 5. The number of amides is 1. The van der Waals surface area contributed by atoms with E-state index in [1.807, 2.05) is 0 Å². The molecule has 0 heterocycles. The predicted octanol–water partition coefficient (Wildman–Crippen LogP) is 2.08. The van der Waals surface area contributed by atoms with Crippen molar-refractivity contribution in [1.29, 1.82) is 0 Å². The fourth-order valence-corrected chi connectivity index (χ4v) is 3.12. The van der Waals surface area contributed by atoms with Gasteiger partial charge in [0.05, 0.1) is 44.6 Å². The molecule has 1 amide bonds. The molecule has 1 unspecified atom stereocenters. The van der Waals surface area contributed by atoms with Gasteiger partial charge in [-0.2, -0.15) is 0 Å². The molecule has 0 saturated heterocycles. The van der Waals surface area contributed by atoms with Crippen LogP contribution < -0.4 is 4.74 Å². The zero-order valence-corrected chi connectivity index (χ0v) is 20.7. The molecule has 1 aromatic carbocycles. The normalized spacial score (nSPS) is 11.7. The molecule has 0 aromatic heterocycles. The second-order valence-electron chi connectivity index (χ2n) is 7.59. The lowest BCUT2D eigenvalue weighted by atomic mass is 10.0. The Kier molecular flexibility index (Phi) is 17.1. The van der Waals surface area contributed by atoms with Crippen LogP contribution in [-0.4, -0.2) is 95.3 Å². The van der Waals surface area contributed by atoms with E-state index < -0.39 is 11.9 Å². The number of unbranched alkanes of at least 4 members (excludes halogenated alkanes) is 1. The van der Waals surface area contributed by atoms with Crippen LogP contribution in [0.2, 0.25) is 0 Å². The maximum absolute atomic E-state index is 13.0. The number of benzene rings is 1. The molecule has 36 heavy (non-hydrogen) atoms. The van der Waals surface area contributed by atoms with E-state index in [0.717, 1.165) is 19.1 Å². The molecule has 0 aliphatic rings. The Bertz CT molecular complexity index is 841. The van der Waals surface area contributed by atoms with Crippen LogP contribution in [0.1, 0.15) is 46.4 Å². The third kappa shape index (κ3) is 12.0. The van der Waals surface area contributed by atoms with Crippen LogP contribution in [0.4, 0.5) is 0 Å². The van der Waals surface area contributed by atoms with Crippen molar-refractivity contribution in [2.75, 3.05) is 53.3 Å². The fourth-order valence-electron chi connectivity index (χ4n) is 3.12. The summed E-state index contributed by atoms with van der Waals surface area (Å²) in [4.78, 5) is 57.9. The van der Waals surface area contributed by atoms with Gasteiger partial charge < -0.3 is 33.4 Å². The van der Waals surface area contributed by atoms with Gasteiger partial charge >= 0.3 is 0 Å². The van der Waals surface area contributed by atoms with E-state index >= 15 is 0 Å². The average Bonchev–Trinajstić information content (AvgIpc) is 2.90. The Hall–Kier alpha value is -3.21. The first-order chi connectivity index (χ1) is 17.6. The van der Waals surface area contributed by atoms with Gasteiger partial charge in [0.2, 0.25) is 0 Å². The lowest BCUT2D eigenvalue weighted by Gasteiger charge is -2.25. The number of ether oxygens (including phenoxy) is 4. The second kappa shape index (κ2) is 20.0. The number of carbonyl (C=O) groups is 5. The molecule has 1 rings (SSSR count). The van der Waals surface area contributed by atoms with Crippen LogP contribution in [-0.2, 0) is 28.6 Å². The highest BCUT2D eigenvalue weighted by Gasteiger charge is 2.25. The van der Waals surface area contributed by atoms with E-state index in [1.165, 1.54) is 24.1 Å². The van der Waals surface area contributed by atoms with Crippen LogP contribution in [0.3, 0.4) is 0 Å². The Morgan fingerprint density at radius 2 is 1.58 bits per heavy atom. The molecule has 0 N–H and O–H groups in total. The van der Waals surface area contributed by atoms with Crippen LogP contribution in [0.5, 0.6) is 5.75 Å². The summed E-state index contributed by atoms with van der Waals surface area (Å²) in [6, 6.07) is 3.86. The van der Waals surface area contributed by atoms with Gasteiger partial charge in [-0.25, -0.2) is 0 Å². The summed E-state index contributed by atoms with van der Waals surface area (Å²) in [5.74, 6) is -0.347. The summed E-state index contributed by atoms with van der Waals surface area (Å²) in [6.07, 6.45) is 7.81. The van der Waals surface area contributed by atoms with Crippen molar-refractivity contribution in [3.05, 3.63) is 41.5 Å². The number of allylic oxidation sites excluding steroid dienone is 2. The number of likely N-dealkylation sites (N-methyl/N-ethyl adjacent to an activating group) is 1. The standard InChI is InChI=1S/C26H35NO9/c1-27(23(21-31)9-7-12-29)26(32)25-22(20-30)8-6-10-24(25)36-19-18-35-17-16-34-15-14-33-13-5-3-2-4-11-28/h2,4,6,8,10-12,20-21,23H,3,5,7,9,13-19H2,1H3/b4-2+. The van der Waals surface area contributed by atoms with Crippen molar-refractivity contribution in [3.63, 3.8) is 0 Å². The Morgan fingerprint density at radius 3 is 2.19 bits per heavy atom. The van der Waals surface area contributed by atoms with Gasteiger partial charge in [-0.3, -0.25) is 14.4 Å². The van der Waals surface area contributed by atoms with Crippen molar-refractivity contribution in [2.24, 2.45) is 0 Å². The van der Waals surface area contributed by atoms with Crippen LogP contribution in [0.15, 0.2) is 30.4 Å². The second-order valence-corrected chi connectivity index (χ2v) is 7.59. The predicted molar refractivity (Wildman–Crippen MR) is 131 cm³/mol. The summed E-state index contributed by atoms with van der Waals surface area (Å²) in [5.41, 5.74) is 0.189. The zero-order chi connectivity index (χ0) is 26.4. The van der Waals surface area contributed by atoms with Gasteiger partial charge in [0.1, 0.15) is 31.2 Å². The number of hydrogen-bond acceptors (Lipinski definition) is 9. The first-order valence-corrected chi connectivity index (χ1v) is 11.8. The van der Waals surface area contributed by atoms with Gasteiger partial charge in [-0.05, 0) is 31.4 Å². The summed E-state index contributed by atoms with van der Waals surface area (Å²) in [6.45, 7) is 2.61. The highest BCUT2D eigenvalue weighted by Crippen LogP contribution is 2.24. The minimum absolute atomic E-state index is 0.0519. The molecular formula is C26H35NO9. The first-order valence-electron chi connectivity index (χ1n) is 11.8. The Balaban J connectivity index is 2.39. The Labute approximate surface area is 211 Å². The molecule has 0 bridgehead atoms. The van der Waals surface area contributed by atoms with Crippen molar-refractivity contribution < 1.29 is 42.9 Å². The van der Waals surface area contributed by atoms with E-state index in [1.54, 1.807) is 18.2 Å². The number of hydrogen-bond donors (Lipinski definition) is 0. The van der Waals surface area contributed by atoms with E-state index in [4.69, 9.17) is 18.9 Å². The van der Waals surface area contributed by atoms with E-state index in [-0.39, 0.29) is 42.9 Å². The quantitative estimate of drug-likeness (QED) is 0.132. The maximum atomic E-state index is 13.0. The molecule has 0 fully saturated rings. The summed E-state index contributed by atoms with van der Waals surface area (Å²) in [7, 11) is 1.44. The van der Waals surface area contributed by atoms with Crippen molar-refractivity contribution in [3.8, 4) is 5.75 Å². The summed E-state index contributed by atoms with van der Waals surface area (Å²) < 4.78 is 22.0. The van der Waals surface area contributed by atoms with E-state index in [9.17, 15) is 24.0 Å². The molecule has 198 valence electrons. The number of aldehydes is 4. The molecule has 0 aliphatic heterocycles. The highest BCUT2D eigenvalue weighted by atomic mass is 16.6. The molecule has 1 aromatic rings. The zero-order valence-electron chi connectivity index (χ0n) is 20.7. The summed E-state index contributed by atoms with van der Waals surface area (Å²) >= 11 is 0. The molecular weight excluding hydrogens is 470 g/mol. The first kappa shape index (κ1) is 30.8. The highest BCUT2D eigenvalue weighted by molar-refractivity contribution is 6.04. The van der Waals surface area contributed by atoms with Gasteiger partial charge in [0.25, 0.3) is 5.91 Å². The minimum Gasteiger partial charge on any atom is -0.490 e. The smallest absolute Gasteiger partial charge is 0.258 e. The monoisotopic (exact) mass is 505 g/mol. The Morgan fingerprint density at radius 1 is 0.917 bits per heavy atom. The van der Waals surface area contributed by atoms with Crippen molar-refractivity contribution in [1.82, 2.24) is 4.90 Å². The number of nitrogens with zero attached hydrogens (tertiary/aromatic N) is 1. The average molecular weight is 506 g/mol. The lowest BCUT2D eigenvalue weighted by Crippen LogP contribution is -2.39. The molecule has 10 heteroatoms. The third-order valence-corrected chi connectivity index (χ3v) is 5.06. The van der Waals surface area contributed by atoms with Crippen molar-refractivity contribution in [2.45, 2.75) is 31.7 Å². The lowest BCUT2D eigenvalue weighted by molar-refractivity contribution is -0.112. The molecule has 10 nitrogen and oxygen atoms in total. The van der Waals surface area contributed by atoms with Gasteiger partial charge in [-0.15, -0.1) is 0 Å². The van der Waals surface area contributed by atoms with E-state index in [2.05, 4.69) is 0 Å². The summed E-state index contributed by atoms with van der Waals surface area (Å²) in [5, 5.41) is 0.